The first-order valence-electron chi connectivity index (χ1n) is 5.95. The van der Waals surface area contributed by atoms with Gasteiger partial charge in [0.05, 0.1) is 0 Å². The third-order valence-electron chi connectivity index (χ3n) is 2.84. The molecule has 0 bridgehead atoms. The van der Waals surface area contributed by atoms with Crippen LogP contribution in [0.15, 0.2) is 46.9 Å². The molecule has 0 aliphatic rings. The summed E-state index contributed by atoms with van der Waals surface area (Å²) in [5.74, 6) is -0.417. The van der Waals surface area contributed by atoms with Gasteiger partial charge in [0.2, 0.25) is 5.91 Å². The molecule has 0 fully saturated rings. The van der Waals surface area contributed by atoms with E-state index in [-0.39, 0.29) is 0 Å². The molecule has 19 heavy (non-hydrogen) atoms. The van der Waals surface area contributed by atoms with Crippen molar-refractivity contribution in [3.05, 3.63) is 63.6 Å². The first-order valence-corrected chi connectivity index (χ1v) is 6.74. The molecule has 4 heteroatoms. The maximum absolute atomic E-state index is 11.1. The van der Waals surface area contributed by atoms with E-state index in [4.69, 9.17) is 5.73 Å². The summed E-state index contributed by atoms with van der Waals surface area (Å²) in [5.41, 5.74) is 9.02. The normalized spacial score (nSPS) is 10.2. The van der Waals surface area contributed by atoms with E-state index in [0.717, 1.165) is 15.7 Å². The molecule has 3 nitrogen and oxygen atoms in total. The van der Waals surface area contributed by atoms with Gasteiger partial charge in [-0.05, 0) is 42.3 Å². The van der Waals surface area contributed by atoms with Crippen molar-refractivity contribution in [2.45, 2.75) is 13.5 Å². The fraction of sp³-hybridized carbons (Fsp3) is 0.133. The number of hydrogen-bond acceptors (Lipinski definition) is 2. The molecule has 1 amide bonds. The van der Waals surface area contributed by atoms with E-state index >= 15 is 0 Å². The summed E-state index contributed by atoms with van der Waals surface area (Å²) in [6, 6.07) is 13.4. The molecular formula is C15H15BrN2O. The zero-order valence-corrected chi connectivity index (χ0v) is 12.2. The maximum Gasteiger partial charge on any atom is 0.248 e. The van der Waals surface area contributed by atoms with Gasteiger partial charge in [0, 0.05) is 22.3 Å². The lowest BCUT2D eigenvalue weighted by Crippen LogP contribution is -2.11. The number of nitrogens with two attached hydrogens (primary N) is 1. The minimum absolute atomic E-state index is 0.417. The summed E-state index contributed by atoms with van der Waals surface area (Å²) in [6.07, 6.45) is 0. The Hall–Kier alpha value is -1.81. The molecule has 2 aromatic rings. The average molecular weight is 319 g/mol. The number of carbonyl (C=O) groups excluding carboxylic acids is 1. The van der Waals surface area contributed by atoms with Gasteiger partial charge >= 0.3 is 0 Å². The Labute approximate surface area is 121 Å². The Morgan fingerprint density at radius 3 is 2.74 bits per heavy atom. The van der Waals surface area contributed by atoms with Gasteiger partial charge in [-0.25, -0.2) is 0 Å². The number of benzene rings is 2. The van der Waals surface area contributed by atoms with Gasteiger partial charge < -0.3 is 11.1 Å². The fourth-order valence-corrected chi connectivity index (χ4v) is 2.41. The van der Waals surface area contributed by atoms with Crippen molar-refractivity contribution in [1.29, 1.82) is 0 Å². The molecule has 3 N–H and O–H groups in total. The standard InChI is InChI=1S/C15H15BrN2O/c1-10-5-6-12(14(16)7-10)9-18-13-4-2-3-11(8-13)15(17)19/h2-8,18H,9H2,1H3,(H2,17,19). The molecule has 98 valence electrons. The second-order valence-corrected chi connectivity index (χ2v) is 5.25. The molecular weight excluding hydrogens is 304 g/mol. The maximum atomic E-state index is 11.1. The molecule has 0 saturated carbocycles. The van der Waals surface area contributed by atoms with E-state index in [0.29, 0.717) is 12.1 Å². The molecule has 0 aliphatic heterocycles. The first kappa shape index (κ1) is 13.6. The van der Waals surface area contributed by atoms with Gasteiger partial charge in [0.25, 0.3) is 0 Å². The highest BCUT2D eigenvalue weighted by molar-refractivity contribution is 9.10. The average Bonchev–Trinajstić information content (AvgIpc) is 2.38. The number of amides is 1. The van der Waals surface area contributed by atoms with Gasteiger partial charge in [0.1, 0.15) is 0 Å². The van der Waals surface area contributed by atoms with E-state index < -0.39 is 5.91 Å². The molecule has 0 heterocycles. The molecule has 0 atom stereocenters. The van der Waals surface area contributed by atoms with Crippen LogP contribution >= 0.6 is 15.9 Å². The third-order valence-corrected chi connectivity index (χ3v) is 3.58. The molecule has 0 saturated heterocycles. The van der Waals surface area contributed by atoms with Crippen LogP contribution in [0.5, 0.6) is 0 Å². The molecule has 0 spiro atoms. The topological polar surface area (TPSA) is 55.1 Å². The number of hydrogen-bond donors (Lipinski definition) is 2. The number of anilines is 1. The number of primary amides is 1. The van der Waals surface area contributed by atoms with Crippen molar-refractivity contribution in [2.75, 3.05) is 5.32 Å². The molecule has 0 radical (unpaired) electrons. The summed E-state index contributed by atoms with van der Waals surface area (Å²) in [5, 5.41) is 3.28. The summed E-state index contributed by atoms with van der Waals surface area (Å²) in [7, 11) is 0. The van der Waals surface area contributed by atoms with Crippen molar-refractivity contribution >= 4 is 27.5 Å². The van der Waals surface area contributed by atoms with Crippen LogP contribution < -0.4 is 11.1 Å². The lowest BCUT2D eigenvalue weighted by Gasteiger charge is -2.09. The number of aryl methyl sites for hydroxylation is 1. The smallest absolute Gasteiger partial charge is 0.248 e. The van der Waals surface area contributed by atoms with Crippen molar-refractivity contribution in [2.24, 2.45) is 5.73 Å². The summed E-state index contributed by atoms with van der Waals surface area (Å²) >= 11 is 3.54. The fourth-order valence-electron chi connectivity index (χ4n) is 1.78. The van der Waals surface area contributed by atoms with Crippen molar-refractivity contribution in [3.8, 4) is 0 Å². The summed E-state index contributed by atoms with van der Waals surface area (Å²) in [4.78, 5) is 11.1. The van der Waals surface area contributed by atoms with Crippen LogP contribution in [0.25, 0.3) is 0 Å². The van der Waals surface area contributed by atoms with Crippen molar-refractivity contribution in [1.82, 2.24) is 0 Å². The van der Waals surface area contributed by atoms with Crippen molar-refractivity contribution in [3.63, 3.8) is 0 Å². The van der Waals surface area contributed by atoms with E-state index in [2.05, 4.69) is 46.4 Å². The van der Waals surface area contributed by atoms with Crippen LogP contribution in [0.2, 0.25) is 0 Å². The van der Waals surface area contributed by atoms with Crippen LogP contribution in [0.1, 0.15) is 21.5 Å². The van der Waals surface area contributed by atoms with E-state index in [9.17, 15) is 4.79 Å². The van der Waals surface area contributed by atoms with Crippen LogP contribution in [-0.4, -0.2) is 5.91 Å². The van der Waals surface area contributed by atoms with E-state index in [1.165, 1.54) is 5.56 Å². The van der Waals surface area contributed by atoms with E-state index in [1.807, 2.05) is 12.1 Å². The van der Waals surface area contributed by atoms with Crippen molar-refractivity contribution < 1.29 is 4.79 Å². The van der Waals surface area contributed by atoms with Gasteiger partial charge in [-0.3, -0.25) is 4.79 Å². The zero-order chi connectivity index (χ0) is 13.8. The van der Waals surface area contributed by atoms with Crippen LogP contribution in [0, 0.1) is 6.92 Å². The van der Waals surface area contributed by atoms with Crippen LogP contribution in [-0.2, 0) is 6.54 Å². The van der Waals surface area contributed by atoms with Gasteiger partial charge in [0.15, 0.2) is 0 Å². The summed E-state index contributed by atoms with van der Waals surface area (Å²) in [6.45, 7) is 2.74. The third kappa shape index (κ3) is 3.58. The lowest BCUT2D eigenvalue weighted by molar-refractivity contribution is 0.100. The Morgan fingerprint density at radius 2 is 2.05 bits per heavy atom. The molecule has 0 unspecified atom stereocenters. The molecule has 2 aromatic carbocycles. The first-order chi connectivity index (χ1) is 9.06. The second-order valence-electron chi connectivity index (χ2n) is 4.39. The predicted molar refractivity (Wildman–Crippen MR) is 81.2 cm³/mol. The second kappa shape index (κ2) is 5.89. The summed E-state index contributed by atoms with van der Waals surface area (Å²) < 4.78 is 1.08. The number of halogens is 1. The highest BCUT2D eigenvalue weighted by Crippen LogP contribution is 2.20. The number of rotatable bonds is 4. The van der Waals surface area contributed by atoms with E-state index in [1.54, 1.807) is 12.1 Å². The Kier molecular flexibility index (Phi) is 4.22. The van der Waals surface area contributed by atoms with Crippen LogP contribution in [0.3, 0.4) is 0 Å². The lowest BCUT2D eigenvalue weighted by atomic mass is 10.1. The van der Waals surface area contributed by atoms with Crippen LogP contribution in [0.4, 0.5) is 5.69 Å². The minimum atomic E-state index is -0.417. The van der Waals surface area contributed by atoms with Gasteiger partial charge in [-0.1, -0.05) is 34.1 Å². The Bertz CT molecular complexity index is 611. The highest BCUT2D eigenvalue weighted by atomic mass is 79.9. The Morgan fingerprint density at radius 1 is 1.26 bits per heavy atom. The zero-order valence-electron chi connectivity index (χ0n) is 10.6. The monoisotopic (exact) mass is 318 g/mol. The SMILES string of the molecule is Cc1ccc(CNc2cccc(C(N)=O)c2)c(Br)c1. The molecule has 2 rings (SSSR count). The number of carbonyl (C=O) groups is 1. The minimum Gasteiger partial charge on any atom is -0.381 e. The Balaban J connectivity index is 2.10. The highest BCUT2D eigenvalue weighted by Gasteiger charge is 2.03. The molecule has 0 aromatic heterocycles. The largest absolute Gasteiger partial charge is 0.381 e. The van der Waals surface area contributed by atoms with Gasteiger partial charge in [-0.2, -0.15) is 0 Å². The number of nitrogens with one attached hydrogen (secondary N) is 1. The molecule has 0 aliphatic carbocycles. The van der Waals surface area contributed by atoms with Gasteiger partial charge in [-0.15, -0.1) is 0 Å². The quantitative estimate of drug-likeness (QED) is 0.906. The predicted octanol–water partition coefficient (Wildman–Crippen LogP) is 3.47.